The molecule has 1 saturated heterocycles. The number of hydrogen-bond donors (Lipinski definition) is 0. The van der Waals surface area contributed by atoms with E-state index in [-0.39, 0.29) is 37.2 Å². The van der Waals surface area contributed by atoms with Gasteiger partial charge in [0.25, 0.3) is 0 Å². The summed E-state index contributed by atoms with van der Waals surface area (Å²) < 4.78 is 6.68. The molecule has 0 unspecified atom stereocenters. The van der Waals surface area contributed by atoms with Crippen LogP contribution in [0.2, 0.25) is 0 Å². The number of methoxy groups -OCH3 is 1. The van der Waals surface area contributed by atoms with Gasteiger partial charge >= 0.3 is 0 Å². The second-order valence-corrected chi connectivity index (χ2v) is 8.08. The Balaban J connectivity index is 0.00000225. The maximum absolute atomic E-state index is 5.49. The molecule has 154 valence electrons. The van der Waals surface area contributed by atoms with Crippen molar-refractivity contribution in [1.82, 2.24) is 9.88 Å². The van der Waals surface area contributed by atoms with E-state index < -0.39 is 0 Å². The quantitative estimate of drug-likeness (QED) is 0.563. The number of thiazole rings is 1. The van der Waals surface area contributed by atoms with Gasteiger partial charge in [0, 0.05) is 37.6 Å². The van der Waals surface area contributed by atoms with Gasteiger partial charge in [-0.25, -0.2) is 4.98 Å². The number of rotatable bonds is 6. The van der Waals surface area contributed by atoms with Crippen LogP contribution in [0, 0.1) is 6.92 Å². The minimum absolute atomic E-state index is 0. The number of aromatic nitrogens is 1. The Morgan fingerprint density at radius 3 is 2.37 bits per heavy atom. The van der Waals surface area contributed by atoms with Crippen LogP contribution in [-0.4, -0.2) is 56.0 Å². The topological polar surface area (TPSA) is 28.6 Å². The maximum Gasteiger partial charge on any atom is 0.150 e. The number of anilines is 1. The largest absolute Gasteiger partial charge is 0.495 e. The summed E-state index contributed by atoms with van der Waals surface area (Å²) in [4.78, 5) is 11.0. The SMILES string of the molecule is COc1ccccc1N1CCN(CCc2sc(SC)nc2C)CC1.Cl.Cl.Cl. The molecule has 0 saturated carbocycles. The molecule has 9 heteroatoms. The lowest BCUT2D eigenvalue weighted by Crippen LogP contribution is -2.47. The van der Waals surface area contributed by atoms with Crippen LogP contribution in [0.5, 0.6) is 5.75 Å². The van der Waals surface area contributed by atoms with E-state index in [1.54, 1.807) is 18.9 Å². The Morgan fingerprint density at radius 1 is 1.11 bits per heavy atom. The number of nitrogens with zero attached hydrogens (tertiary/aromatic N) is 3. The Kier molecular flexibility index (Phi) is 12.8. The molecular weight excluding hydrogens is 445 g/mol. The second kappa shape index (κ2) is 13.0. The number of benzene rings is 1. The fourth-order valence-electron chi connectivity index (χ4n) is 3.08. The van der Waals surface area contributed by atoms with E-state index in [0.717, 1.165) is 44.9 Å². The lowest BCUT2D eigenvalue weighted by Gasteiger charge is -2.36. The van der Waals surface area contributed by atoms with Crippen LogP contribution in [0.4, 0.5) is 5.69 Å². The zero-order chi connectivity index (χ0) is 16.9. The van der Waals surface area contributed by atoms with E-state index in [2.05, 4.69) is 40.1 Å². The molecule has 0 atom stereocenters. The third-order valence-electron chi connectivity index (χ3n) is 4.50. The van der Waals surface area contributed by atoms with Crippen molar-refractivity contribution in [2.24, 2.45) is 0 Å². The van der Waals surface area contributed by atoms with Crippen molar-refractivity contribution < 1.29 is 4.74 Å². The Hall–Kier alpha value is -0.370. The molecule has 3 rings (SSSR count). The summed E-state index contributed by atoms with van der Waals surface area (Å²) in [6, 6.07) is 8.30. The smallest absolute Gasteiger partial charge is 0.150 e. The standard InChI is InChI=1S/C18H25N3OS2.3ClH/c1-14-17(24-18(19-14)23-3)8-9-20-10-12-21(13-11-20)15-6-4-5-7-16(15)22-2;;;/h4-7H,8-13H2,1-3H3;3*1H. The number of halogens is 3. The normalized spacial score (nSPS) is 14.0. The summed E-state index contributed by atoms with van der Waals surface area (Å²) in [5.41, 5.74) is 2.42. The van der Waals surface area contributed by atoms with Gasteiger partial charge in [-0.1, -0.05) is 23.9 Å². The number of thioether (sulfide) groups is 1. The van der Waals surface area contributed by atoms with Gasteiger partial charge in [0.2, 0.25) is 0 Å². The summed E-state index contributed by atoms with van der Waals surface area (Å²) in [5, 5.41) is 0. The molecule has 0 N–H and O–H groups in total. The minimum Gasteiger partial charge on any atom is -0.495 e. The van der Waals surface area contributed by atoms with Gasteiger partial charge in [-0.2, -0.15) is 0 Å². The average Bonchev–Trinajstić information content (AvgIpc) is 3.00. The lowest BCUT2D eigenvalue weighted by molar-refractivity contribution is 0.260. The second-order valence-electron chi connectivity index (χ2n) is 5.94. The number of piperazine rings is 1. The van der Waals surface area contributed by atoms with E-state index in [4.69, 9.17) is 4.74 Å². The summed E-state index contributed by atoms with van der Waals surface area (Å²) >= 11 is 3.59. The molecule has 0 spiro atoms. The molecule has 2 aromatic rings. The molecule has 4 nitrogen and oxygen atoms in total. The average molecular weight is 473 g/mol. The van der Waals surface area contributed by atoms with Crippen molar-refractivity contribution in [3.8, 4) is 5.75 Å². The van der Waals surface area contributed by atoms with Crippen molar-refractivity contribution in [1.29, 1.82) is 0 Å². The molecule has 0 aliphatic carbocycles. The van der Waals surface area contributed by atoms with Crippen molar-refractivity contribution in [2.45, 2.75) is 17.7 Å². The molecule has 1 aromatic heterocycles. The van der Waals surface area contributed by atoms with E-state index in [1.165, 1.54) is 20.6 Å². The maximum atomic E-state index is 5.49. The van der Waals surface area contributed by atoms with E-state index in [9.17, 15) is 0 Å². The zero-order valence-electron chi connectivity index (χ0n) is 15.8. The van der Waals surface area contributed by atoms with Gasteiger partial charge in [-0.05, 0) is 31.7 Å². The highest BCUT2D eigenvalue weighted by Gasteiger charge is 2.19. The first-order chi connectivity index (χ1) is 11.7. The van der Waals surface area contributed by atoms with Gasteiger partial charge < -0.3 is 9.64 Å². The molecule has 2 heterocycles. The number of aryl methyl sites for hydroxylation is 1. The van der Waals surface area contributed by atoms with Gasteiger partial charge in [0.1, 0.15) is 10.1 Å². The molecular formula is C18H28Cl3N3OS2. The van der Waals surface area contributed by atoms with Gasteiger partial charge in [0.05, 0.1) is 18.5 Å². The Labute approximate surface area is 189 Å². The van der Waals surface area contributed by atoms with Crippen molar-refractivity contribution >= 4 is 66.0 Å². The Bertz CT molecular complexity index is 680. The number of para-hydroxylation sites is 2. The molecule has 0 radical (unpaired) electrons. The monoisotopic (exact) mass is 471 g/mol. The van der Waals surface area contributed by atoms with Crippen LogP contribution in [-0.2, 0) is 6.42 Å². The first kappa shape index (κ1) is 26.6. The highest BCUT2D eigenvalue weighted by atomic mass is 35.5. The molecule has 0 bridgehead atoms. The van der Waals surface area contributed by atoms with Crippen LogP contribution in [0.25, 0.3) is 0 Å². The first-order valence-corrected chi connectivity index (χ1v) is 10.4. The van der Waals surface area contributed by atoms with Gasteiger partial charge in [0.15, 0.2) is 0 Å². The predicted molar refractivity (Wildman–Crippen MR) is 126 cm³/mol. The molecule has 0 amide bonds. The molecule has 1 fully saturated rings. The fourth-order valence-corrected chi connectivity index (χ4v) is 4.73. The van der Waals surface area contributed by atoms with Crippen LogP contribution in [0.15, 0.2) is 28.6 Å². The third kappa shape index (κ3) is 6.87. The van der Waals surface area contributed by atoms with Crippen LogP contribution < -0.4 is 9.64 Å². The zero-order valence-corrected chi connectivity index (χ0v) is 19.9. The number of hydrogen-bond acceptors (Lipinski definition) is 6. The molecule has 1 aliphatic rings. The highest BCUT2D eigenvalue weighted by Crippen LogP contribution is 2.29. The minimum atomic E-state index is 0. The van der Waals surface area contributed by atoms with E-state index in [0.29, 0.717) is 0 Å². The summed E-state index contributed by atoms with van der Waals surface area (Å²) in [5.74, 6) is 0.968. The van der Waals surface area contributed by atoms with Crippen LogP contribution in [0.3, 0.4) is 0 Å². The van der Waals surface area contributed by atoms with Crippen molar-refractivity contribution in [3.63, 3.8) is 0 Å². The predicted octanol–water partition coefficient (Wildman–Crippen LogP) is 4.81. The first-order valence-electron chi connectivity index (χ1n) is 8.32. The molecule has 1 aromatic carbocycles. The van der Waals surface area contributed by atoms with Gasteiger partial charge in [-0.3, -0.25) is 4.90 Å². The molecule has 27 heavy (non-hydrogen) atoms. The summed E-state index contributed by atoms with van der Waals surface area (Å²) in [7, 11) is 1.75. The lowest BCUT2D eigenvalue weighted by atomic mass is 10.2. The summed E-state index contributed by atoms with van der Waals surface area (Å²) in [6.07, 6.45) is 3.21. The number of ether oxygens (including phenoxy) is 1. The third-order valence-corrected chi connectivity index (χ3v) is 6.70. The molecule has 1 aliphatic heterocycles. The van der Waals surface area contributed by atoms with E-state index >= 15 is 0 Å². The fraction of sp³-hybridized carbons (Fsp3) is 0.500. The van der Waals surface area contributed by atoms with Crippen LogP contribution in [0.1, 0.15) is 10.6 Å². The van der Waals surface area contributed by atoms with Crippen molar-refractivity contribution in [3.05, 3.63) is 34.8 Å². The van der Waals surface area contributed by atoms with Gasteiger partial charge in [-0.15, -0.1) is 48.6 Å². The summed E-state index contributed by atoms with van der Waals surface area (Å²) in [6.45, 7) is 7.56. The Morgan fingerprint density at radius 2 is 1.78 bits per heavy atom. The van der Waals surface area contributed by atoms with E-state index in [1.807, 2.05) is 23.5 Å². The van der Waals surface area contributed by atoms with Crippen LogP contribution >= 0.6 is 60.3 Å². The highest BCUT2D eigenvalue weighted by molar-refractivity contribution is 8.00. The van der Waals surface area contributed by atoms with Crippen molar-refractivity contribution in [2.75, 3.05) is 51.0 Å².